The van der Waals surface area contributed by atoms with E-state index in [1.54, 1.807) is 31.9 Å². The summed E-state index contributed by atoms with van der Waals surface area (Å²) in [5, 5.41) is 6.64. The van der Waals surface area contributed by atoms with Gasteiger partial charge in [-0.1, -0.05) is 43.6 Å². The minimum absolute atomic E-state index is 1.50. The van der Waals surface area contributed by atoms with E-state index < -0.39 is 8.07 Å². The minimum atomic E-state index is -1.57. The van der Waals surface area contributed by atoms with Crippen LogP contribution in [0.4, 0.5) is 0 Å². The first kappa shape index (κ1) is 11.7. The Labute approximate surface area is 100 Å². The van der Waals surface area contributed by atoms with E-state index in [9.17, 15) is 0 Å². The predicted molar refractivity (Wildman–Crippen MR) is 74.6 cm³/mol. The van der Waals surface area contributed by atoms with Gasteiger partial charge in [0.25, 0.3) is 0 Å². The van der Waals surface area contributed by atoms with Crippen LogP contribution in [0.1, 0.15) is 48.5 Å². The quantitative estimate of drug-likeness (QED) is 0.535. The molecule has 0 N–H and O–H groups in total. The first-order valence-electron chi connectivity index (χ1n) is 6.08. The van der Waals surface area contributed by atoms with E-state index in [2.05, 4.69) is 54.5 Å². The molecule has 86 valence electrons. The SMILES string of the molecule is CC1=CC(C)=C(C)[Si]12C(C)=C(C)C(C)=C2C. The lowest BCUT2D eigenvalue weighted by Gasteiger charge is -2.30. The Balaban J connectivity index is 2.80. The van der Waals surface area contributed by atoms with Crippen molar-refractivity contribution in [3.8, 4) is 0 Å². The monoisotopic (exact) mass is 230 g/mol. The largest absolute Gasteiger partial charge is 0.163 e. The average Bonchev–Trinajstić information content (AvgIpc) is 2.55. The lowest BCUT2D eigenvalue weighted by Crippen LogP contribution is -2.39. The Morgan fingerprint density at radius 1 is 0.688 bits per heavy atom. The molecule has 2 heterocycles. The van der Waals surface area contributed by atoms with E-state index in [1.165, 1.54) is 5.57 Å². The molecule has 2 rings (SSSR count). The summed E-state index contributed by atoms with van der Waals surface area (Å²) in [6, 6.07) is 0. The van der Waals surface area contributed by atoms with E-state index in [-0.39, 0.29) is 0 Å². The number of hydrogen-bond acceptors (Lipinski definition) is 0. The zero-order valence-electron chi connectivity index (χ0n) is 11.6. The molecule has 0 saturated heterocycles. The molecule has 0 amide bonds. The highest BCUT2D eigenvalue weighted by Gasteiger charge is 2.48. The third kappa shape index (κ3) is 1.05. The van der Waals surface area contributed by atoms with Crippen molar-refractivity contribution < 1.29 is 0 Å². The lowest BCUT2D eigenvalue weighted by molar-refractivity contribution is 1.31. The second-order valence-electron chi connectivity index (χ2n) is 5.39. The van der Waals surface area contributed by atoms with E-state index in [0.29, 0.717) is 0 Å². The fourth-order valence-corrected chi connectivity index (χ4v) is 9.75. The molecule has 0 bridgehead atoms. The zero-order valence-corrected chi connectivity index (χ0v) is 12.6. The van der Waals surface area contributed by atoms with Gasteiger partial charge in [0.1, 0.15) is 0 Å². The maximum atomic E-state index is 2.42. The van der Waals surface area contributed by atoms with Crippen LogP contribution in [-0.2, 0) is 0 Å². The van der Waals surface area contributed by atoms with Crippen molar-refractivity contribution in [1.82, 2.24) is 0 Å². The van der Waals surface area contributed by atoms with Gasteiger partial charge in [0.15, 0.2) is 8.07 Å². The topological polar surface area (TPSA) is 0 Å². The molecule has 0 fully saturated rings. The summed E-state index contributed by atoms with van der Waals surface area (Å²) in [7, 11) is -1.57. The number of rotatable bonds is 0. The van der Waals surface area contributed by atoms with Crippen LogP contribution in [0.25, 0.3) is 0 Å². The molecule has 0 nitrogen and oxygen atoms in total. The molecule has 16 heavy (non-hydrogen) atoms. The normalized spacial score (nSPS) is 24.1. The summed E-state index contributed by atoms with van der Waals surface area (Å²) in [5.74, 6) is 0. The molecule has 1 spiro atoms. The van der Waals surface area contributed by atoms with Crippen molar-refractivity contribution in [3.05, 3.63) is 43.6 Å². The van der Waals surface area contributed by atoms with Gasteiger partial charge in [-0.3, -0.25) is 0 Å². The van der Waals surface area contributed by atoms with E-state index in [1.807, 2.05) is 0 Å². The highest BCUT2D eigenvalue weighted by molar-refractivity contribution is 7.05. The van der Waals surface area contributed by atoms with Gasteiger partial charge >= 0.3 is 0 Å². The third-order valence-corrected chi connectivity index (χ3v) is 10.8. The van der Waals surface area contributed by atoms with Crippen LogP contribution >= 0.6 is 0 Å². The van der Waals surface area contributed by atoms with Crippen molar-refractivity contribution in [2.75, 3.05) is 0 Å². The summed E-state index contributed by atoms with van der Waals surface area (Å²) < 4.78 is 0. The maximum Gasteiger partial charge on any atom is 0.163 e. The van der Waals surface area contributed by atoms with Crippen LogP contribution < -0.4 is 0 Å². The van der Waals surface area contributed by atoms with Crippen molar-refractivity contribution >= 4 is 8.07 Å². The molecular weight excluding hydrogens is 208 g/mol. The summed E-state index contributed by atoms with van der Waals surface area (Å²) in [4.78, 5) is 0. The summed E-state index contributed by atoms with van der Waals surface area (Å²) in [5.41, 5.74) is 4.60. The smallest absolute Gasteiger partial charge is 0.0709 e. The number of hydrogen-bond donors (Lipinski definition) is 0. The average molecular weight is 230 g/mol. The van der Waals surface area contributed by atoms with Gasteiger partial charge in [-0.2, -0.15) is 0 Å². The third-order valence-electron chi connectivity index (χ3n) is 4.99. The summed E-state index contributed by atoms with van der Waals surface area (Å²) >= 11 is 0. The highest BCUT2D eigenvalue weighted by Crippen LogP contribution is 2.49. The Morgan fingerprint density at radius 2 is 1.12 bits per heavy atom. The summed E-state index contributed by atoms with van der Waals surface area (Å²) in [6.07, 6.45) is 2.42. The van der Waals surface area contributed by atoms with Gasteiger partial charge < -0.3 is 0 Å². The zero-order chi connectivity index (χ0) is 12.2. The van der Waals surface area contributed by atoms with Gasteiger partial charge in [0.2, 0.25) is 0 Å². The molecule has 0 aromatic carbocycles. The molecule has 0 radical (unpaired) electrons. The van der Waals surface area contributed by atoms with Crippen LogP contribution in [0.2, 0.25) is 0 Å². The van der Waals surface area contributed by atoms with E-state index >= 15 is 0 Å². The Kier molecular flexibility index (Phi) is 2.43. The molecule has 0 aliphatic carbocycles. The van der Waals surface area contributed by atoms with E-state index in [0.717, 1.165) is 0 Å². The Morgan fingerprint density at radius 3 is 1.44 bits per heavy atom. The molecular formula is C15H22Si. The number of allylic oxidation sites excluding steroid dienone is 8. The van der Waals surface area contributed by atoms with Crippen LogP contribution in [0, 0.1) is 0 Å². The Bertz CT molecular complexity index is 472. The Hall–Kier alpha value is -0.823. The molecule has 1 heteroatoms. The van der Waals surface area contributed by atoms with Crippen LogP contribution in [0.5, 0.6) is 0 Å². The molecule has 2 aliphatic rings. The van der Waals surface area contributed by atoms with Crippen molar-refractivity contribution in [1.29, 1.82) is 0 Å². The fourth-order valence-electron chi connectivity index (χ4n) is 3.69. The molecule has 0 unspecified atom stereocenters. The van der Waals surface area contributed by atoms with Gasteiger partial charge in [0.05, 0.1) is 0 Å². The second-order valence-corrected chi connectivity index (χ2v) is 9.92. The van der Waals surface area contributed by atoms with Crippen molar-refractivity contribution in [2.45, 2.75) is 48.5 Å². The van der Waals surface area contributed by atoms with Gasteiger partial charge in [-0.15, -0.1) is 0 Å². The van der Waals surface area contributed by atoms with Gasteiger partial charge in [-0.05, 0) is 48.5 Å². The lowest BCUT2D eigenvalue weighted by atomic mass is 10.1. The first-order chi connectivity index (χ1) is 7.35. The van der Waals surface area contributed by atoms with Crippen molar-refractivity contribution in [3.63, 3.8) is 0 Å². The fraction of sp³-hybridized carbons (Fsp3) is 0.467. The van der Waals surface area contributed by atoms with Crippen LogP contribution in [0.15, 0.2) is 43.6 Å². The highest BCUT2D eigenvalue weighted by atomic mass is 28.3. The van der Waals surface area contributed by atoms with E-state index in [4.69, 9.17) is 0 Å². The van der Waals surface area contributed by atoms with Crippen molar-refractivity contribution in [2.24, 2.45) is 0 Å². The maximum absolute atomic E-state index is 2.42. The van der Waals surface area contributed by atoms with Crippen LogP contribution in [-0.4, -0.2) is 8.07 Å². The predicted octanol–water partition coefficient (Wildman–Crippen LogP) is 4.57. The molecule has 0 saturated carbocycles. The second kappa shape index (κ2) is 3.33. The molecule has 0 aromatic rings. The standard InChI is InChI=1S/C15H22Si/c1-9-8-10(2)16(13(9)5)14(6)11(3)12(4)15(16)7/h8H,1-7H3. The minimum Gasteiger partial charge on any atom is -0.0709 e. The van der Waals surface area contributed by atoms with Crippen LogP contribution in [0.3, 0.4) is 0 Å². The molecule has 0 atom stereocenters. The molecule has 0 aromatic heterocycles. The van der Waals surface area contributed by atoms with Gasteiger partial charge in [-0.25, -0.2) is 0 Å². The van der Waals surface area contributed by atoms with Gasteiger partial charge in [0, 0.05) is 0 Å². The first-order valence-corrected chi connectivity index (χ1v) is 8.08. The summed E-state index contributed by atoms with van der Waals surface area (Å²) in [6.45, 7) is 16.3. The molecule has 2 aliphatic heterocycles.